The third-order valence-electron chi connectivity index (χ3n) is 4.40. The first-order valence-corrected chi connectivity index (χ1v) is 7.85. The highest BCUT2D eigenvalue weighted by atomic mass is 16.1. The molecule has 22 heavy (non-hydrogen) atoms. The molecule has 116 valence electrons. The molecule has 0 spiro atoms. The van der Waals surface area contributed by atoms with Crippen LogP contribution in [0.3, 0.4) is 0 Å². The summed E-state index contributed by atoms with van der Waals surface area (Å²) >= 11 is 0. The van der Waals surface area contributed by atoms with Gasteiger partial charge in [-0.05, 0) is 39.3 Å². The van der Waals surface area contributed by atoms with Crippen molar-refractivity contribution in [3.05, 3.63) is 42.1 Å². The van der Waals surface area contributed by atoms with E-state index in [1.807, 2.05) is 24.3 Å². The second-order valence-electron chi connectivity index (χ2n) is 6.89. The summed E-state index contributed by atoms with van der Waals surface area (Å²) in [4.78, 5) is 19.2. The minimum atomic E-state index is -0.0145. The second kappa shape index (κ2) is 5.69. The quantitative estimate of drug-likeness (QED) is 0.947. The molecule has 3 rings (SSSR count). The Balaban J connectivity index is 1.70. The van der Waals surface area contributed by atoms with Crippen molar-refractivity contribution in [2.24, 2.45) is 0 Å². The van der Waals surface area contributed by atoms with Crippen LogP contribution in [0.5, 0.6) is 0 Å². The molecule has 0 bridgehead atoms. The van der Waals surface area contributed by atoms with Gasteiger partial charge in [-0.25, -0.2) is 0 Å². The van der Waals surface area contributed by atoms with Crippen LogP contribution in [0.2, 0.25) is 0 Å². The number of carbonyl (C=O) groups excluding carboxylic acids is 1. The highest BCUT2D eigenvalue weighted by molar-refractivity contribution is 6.05. The number of benzene rings is 1. The predicted molar refractivity (Wildman–Crippen MR) is 88.9 cm³/mol. The first kappa shape index (κ1) is 15.0. The van der Waals surface area contributed by atoms with E-state index in [2.05, 4.69) is 36.0 Å². The van der Waals surface area contributed by atoms with Crippen molar-refractivity contribution >= 4 is 16.8 Å². The molecule has 1 atom stereocenters. The number of carbonyl (C=O) groups is 1. The molecule has 2 heterocycles. The van der Waals surface area contributed by atoms with E-state index >= 15 is 0 Å². The topological polar surface area (TPSA) is 45.2 Å². The Bertz CT molecular complexity index is 685. The van der Waals surface area contributed by atoms with Gasteiger partial charge >= 0.3 is 0 Å². The molecule has 1 amide bonds. The van der Waals surface area contributed by atoms with E-state index in [4.69, 9.17) is 0 Å². The Morgan fingerprint density at radius 2 is 2.09 bits per heavy atom. The molecule has 0 saturated carbocycles. The number of likely N-dealkylation sites (tertiary alicyclic amines) is 1. The number of nitrogens with zero attached hydrogens (tertiary/aromatic N) is 2. The summed E-state index contributed by atoms with van der Waals surface area (Å²) in [6.45, 7) is 8.47. The van der Waals surface area contributed by atoms with E-state index in [1.54, 1.807) is 12.3 Å². The molecule has 1 N–H and O–H groups in total. The van der Waals surface area contributed by atoms with Gasteiger partial charge in [0.15, 0.2) is 0 Å². The van der Waals surface area contributed by atoms with E-state index in [-0.39, 0.29) is 11.4 Å². The molecule has 4 heteroatoms. The normalized spacial score (nSPS) is 19.0. The molecule has 1 aromatic heterocycles. The lowest BCUT2D eigenvalue weighted by molar-refractivity contribution is 0.00280. The van der Waals surface area contributed by atoms with E-state index in [1.165, 1.54) is 0 Å². The lowest BCUT2D eigenvalue weighted by Crippen LogP contribution is -2.60. The number of aromatic nitrogens is 1. The number of hydrogen-bond donors (Lipinski definition) is 1. The maximum atomic E-state index is 12.5. The van der Waals surface area contributed by atoms with Gasteiger partial charge in [0.2, 0.25) is 0 Å². The second-order valence-corrected chi connectivity index (χ2v) is 6.89. The lowest BCUT2D eigenvalue weighted by Gasteiger charge is -2.49. The van der Waals surface area contributed by atoms with Crippen LogP contribution in [-0.2, 0) is 0 Å². The molecular formula is C18H23N3O. The highest BCUT2D eigenvalue weighted by Gasteiger charge is 2.35. The molecule has 1 fully saturated rings. The van der Waals surface area contributed by atoms with E-state index in [0.717, 1.165) is 23.9 Å². The van der Waals surface area contributed by atoms with Gasteiger partial charge in [0, 0.05) is 36.3 Å². The van der Waals surface area contributed by atoms with Gasteiger partial charge in [0.25, 0.3) is 5.91 Å². The standard InChI is InChI=1S/C18H23N3O/c1-18(2,3)21-11-9-13(21)12-20-17(22)15-8-10-19-16-7-5-4-6-14(15)16/h4-8,10,13H,9,11-12H2,1-3H3,(H,20,22). The van der Waals surface area contributed by atoms with Crippen LogP contribution in [0.25, 0.3) is 10.9 Å². The fourth-order valence-electron chi connectivity index (χ4n) is 3.14. The van der Waals surface area contributed by atoms with Crippen LogP contribution < -0.4 is 5.32 Å². The van der Waals surface area contributed by atoms with E-state index < -0.39 is 0 Å². The molecule has 1 saturated heterocycles. The number of amides is 1. The molecule has 2 aromatic rings. The number of rotatable bonds is 3. The van der Waals surface area contributed by atoms with Gasteiger partial charge in [-0.2, -0.15) is 0 Å². The van der Waals surface area contributed by atoms with Crippen molar-refractivity contribution in [2.45, 2.75) is 38.8 Å². The summed E-state index contributed by atoms with van der Waals surface area (Å²) in [6.07, 6.45) is 2.84. The molecule has 0 radical (unpaired) electrons. The summed E-state index contributed by atoms with van der Waals surface area (Å²) in [5.74, 6) is -0.0145. The van der Waals surface area contributed by atoms with Crippen LogP contribution in [0.4, 0.5) is 0 Å². The van der Waals surface area contributed by atoms with Gasteiger partial charge in [0.05, 0.1) is 11.1 Å². The molecule has 0 aliphatic carbocycles. The first-order chi connectivity index (χ1) is 10.5. The smallest absolute Gasteiger partial charge is 0.252 e. The zero-order valence-electron chi connectivity index (χ0n) is 13.5. The number of pyridine rings is 1. The molecular weight excluding hydrogens is 274 g/mol. The largest absolute Gasteiger partial charge is 0.350 e. The van der Waals surface area contributed by atoms with Crippen molar-refractivity contribution in [2.75, 3.05) is 13.1 Å². The van der Waals surface area contributed by atoms with Gasteiger partial charge in [-0.1, -0.05) is 18.2 Å². The molecule has 1 aromatic carbocycles. The Morgan fingerprint density at radius 1 is 1.32 bits per heavy atom. The van der Waals surface area contributed by atoms with Gasteiger partial charge in [-0.15, -0.1) is 0 Å². The maximum absolute atomic E-state index is 12.5. The third kappa shape index (κ3) is 2.83. The van der Waals surface area contributed by atoms with Crippen molar-refractivity contribution in [3.8, 4) is 0 Å². The highest BCUT2D eigenvalue weighted by Crippen LogP contribution is 2.27. The Hall–Kier alpha value is -1.94. The van der Waals surface area contributed by atoms with Crippen molar-refractivity contribution < 1.29 is 4.79 Å². The lowest BCUT2D eigenvalue weighted by atomic mass is 9.93. The first-order valence-electron chi connectivity index (χ1n) is 7.85. The Kier molecular flexibility index (Phi) is 3.87. The summed E-state index contributed by atoms with van der Waals surface area (Å²) in [5, 5.41) is 3.99. The molecule has 4 nitrogen and oxygen atoms in total. The fraction of sp³-hybridized carbons (Fsp3) is 0.444. The number of para-hydroxylation sites is 1. The molecule has 1 aliphatic rings. The average molecular weight is 297 g/mol. The van der Waals surface area contributed by atoms with Crippen LogP contribution in [0, 0.1) is 0 Å². The Labute approximate surface area is 131 Å². The number of nitrogens with one attached hydrogen (secondary N) is 1. The van der Waals surface area contributed by atoms with Crippen LogP contribution in [0.1, 0.15) is 37.6 Å². The van der Waals surface area contributed by atoms with Crippen LogP contribution >= 0.6 is 0 Å². The summed E-state index contributed by atoms with van der Waals surface area (Å²) < 4.78 is 0. The fourth-order valence-corrected chi connectivity index (χ4v) is 3.14. The SMILES string of the molecule is CC(C)(C)N1CCC1CNC(=O)c1ccnc2ccccc12. The van der Waals surface area contributed by atoms with Crippen LogP contribution in [-0.4, -0.2) is 40.5 Å². The third-order valence-corrected chi connectivity index (χ3v) is 4.40. The maximum Gasteiger partial charge on any atom is 0.252 e. The van der Waals surface area contributed by atoms with Crippen molar-refractivity contribution in [3.63, 3.8) is 0 Å². The zero-order valence-corrected chi connectivity index (χ0v) is 13.5. The summed E-state index contributed by atoms with van der Waals surface area (Å²) in [7, 11) is 0. The minimum absolute atomic E-state index is 0.0145. The van der Waals surface area contributed by atoms with E-state index in [9.17, 15) is 4.79 Å². The van der Waals surface area contributed by atoms with Crippen LogP contribution in [0.15, 0.2) is 36.5 Å². The van der Waals surface area contributed by atoms with Crippen molar-refractivity contribution in [1.82, 2.24) is 15.2 Å². The number of hydrogen-bond acceptors (Lipinski definition) is 3. The summed E-state index contributed by atoms with van der Waals surface area (Å²) in [6, 6.07) is 9.99. The van der Waals surface area contributed by atoms with E-state index in [0.29, 0.717) is 18.2 Å². The van der Waals surface area contributed by atoms with Crippen molar-refractivity contribution in [1.29, 1.82) is 0 Å². The molecule has 1 unspecified atom stereocenters. The summed E-state index contributed by atoms with van der Waals surface area (Å²) in [5.41, 5.74) is 1.72. The number of fused-ring (bicyclic) bond motifs is 1. The molecule has 1 aliphatic heterocycles. The minimum Gasteiger partial charge on any atom is -0.350 e. The van der Waals surface area contributed by atoms with Gasteiger partial charge in [0.1, 0.15) is 0 Å². The zero-order chi connectivity index (χ0) is 15.7. The monoisotopic (exact) mass is 297 g/mol. The predicted octanol–water partition coefficient (Wildman–Crippen LogP) is 2.84. The average Bonchev–Trinajstić information content (AvgIpc) is 2.43. The van der Waals surface area contributed by atoms with Gasteiger partial charge < -0.3 is 5.32 Å². The Morgan fingerprint density at radius 3 is 2.77 bits per heavy atom. The van der Waals surface area contributed by atoms with Gasteiger partial charge in [-0.3, -0.25) is 14.7 Å².